The molecule has 7 heteroatoms. The van der Waals surface area contributed by atoms with Crippen LogP contribution < -0.4 is 16.0 Å². The summed E-state index contributed by atoms with van der Waals surface area (Å²) in [6.45, 7) is 4.05. The smallest absolute Gasteiger partial charge is 0.314 e. The van der Waals surface area contributed by atoms with E-state index in [2.05, 4.69) is 16.0 Å². The van der Waals surface area contributed by atoms with Gasteiger partial charge in [0.1, 0.15) is 0 Å². The van der Waals surface area contributed by atoms with Crippen LogP contribution in [-0.4, -0.2) is 42.1 Å². The molecule has 1 aliphatic heterocycles. The molecule has 7 nitrogen and oxygen atoms in total. The highest BCUT2D eigenvalue weighted by atomic mass is 16.4. The standard InChI is InChI=1S/C13H23N3O4/c1-3-13(4-2,11(18)19)8-15-12(20)14-7-9-5-6-10(17)16-9/h9H,3-8H2,1-2H3,(H,16,17)(H,18,19)(H2,14,15,20). The van der Waals surface area contributed by atoms with Gasteiger partial charge in [-0.15, -0.1) is 0 Å². The van der Waals surface area contributed by atoms with Crippen molar-refractivity contribution in [3.05, 3.63) is 0 Å². The van der Waals surface area contributed by atoms with Gasteiger partial charge in [-0.2, -0.15) is 0 Å². The van der Waals surface area contributed by atoms with Crippen molar-refractivity contribution in [2.45, 2.75) is 45.6 Å². The fourth-order valence-electron chi connectivity index (χ4n) is 2.24. The van der Waals surface area contributed by atoms with Crippen LogP contribution in [0, 0.1) is 5.41 Å². The Morgan fingerprint density at radius 2 is 2.00 bits per heavy atom. The highest BCUT2D eigenvalue weighted by Crippen LogP contribution is 2.25. The van der Waals surface area contributed by atoms with E-state index in [-0.39, 0.29) is 18.5 Å². The number of hydrogen-bond donors (Lipinski definition) is 4. The maximum atomic E-state index is 11.7. The number of rotatable bonds is 7. The average Bonchev–Trinajstić information content (AvgIpc) is 2.83. The number of carboxylic acid groups (broad SMARTS) is 1. The van der Waals surface area contributed by atoms with E-state index in [9.17, 15) is 19.5 Å². The molecule has 1 aliphatic rings. The molecule has 0 spiro atoms. The van der Waals surface area contributed by atoms with Gasteiger partial charge in [0, 0.05) is 25.6 Å². The fraction of sp³-hybridized carbons (Fsp3) is 0.769. The summed E-state index contributed by atoms with van der Waals surface area (Å²) in [5, 5.41) is 17.2. The van der Waals surface area contributed by atoms with Crippen molar-refractivity contribution in [1.29, 1.82) is 0 Å². The molecule has 0 aromatic carbocycles. The van der Waals surface area contributed by atoms with E-state index < -0.39 is 17.4 Å². The molecule has 4 N–H and O–H groups in total. The van der Waals surface area contributed by atoms with Crippen LogP contribution in [0.25, 0.3) is 0 Å². The Morgan fingerprint density at radius 3 is 2.45 bits per heavy atom. The van der Waals surface area contributed by atoms with Crippen molar-refractivity contribution in [2.75, 3.05) is 13.1 Å². The third-order valence-electron chi connectivity index (χ3n) is 3.99. The largest absolute Gasteiger partial charge is 0.481 e. The zero-order chi connectivity index (χ0) is 15.2. The molecule has 1 unspecified atom stereocenters. The minimum atomic E-state index is -0.918. The fourth-order valence-corrected chi connectivity index (χ4v) is 2.24. The van der Waals surface area contributed by atoms with Gasteiger partial charge in [0.05, 0.1) is 5.41 Å². The first-order valence-electron chi connectivity index (χ1n) is 6.98. The van der Waals surface area contributed by atoms with Crippen molar-refractivity contribution >= 4 is 17.9 Å². The van der Waals surface area contributed by atoms with E-state index in [4.69, 9.17) is 0 Å². The van der Waals surface area contributed by atoms with Crippen LogP contribution in [0.5, 0.6) is 0 Å². The number of urea groups is 1. The quantitative estimate of drug-likeness (QED) is 0.545. The lowest BCUT2D eigenvalue weighted by Crippen LogP contribution is -2.48. The average molecular weight is 285 g/mol. The summed E-state index contributed by atoms with van der Waals surface area (Å²) in [5.74, 6) is -0.898. The topological polar surface area (TPSA) is 108 Å². The van der Waals surface area contributed by atoms with E-state index in [0.29, 0.717) is 32.2 Å². The van der Waals surface area contributed by atoms with E-state index in [1.54, 1.807) is 13.8 Å². The lowest BCUT2D eigenvalue weighted by Gasteiger charge is -2.27. The van der Waals surface area contributed by atoms with Crippen molar-refractivity contribution in [3.63, 3.8) is 0 Å². The highest BCUT2D eigenvalue weighted by molar-refractivity contribution is 5.79. The van der Waals surface area contributed by atoms with Gasteiger partial charge in [-0.1, -0.05) is 13.8 Å². The third-order valence-corrected chi connectivity index (χ3v) is 3.99. The molecule has 1 heterocycles. The summed E-state index contributed by atoms with van der Waals surface area (Å²) in [6, 6.07) is -0.437. The predicted octanol–water partition coefficient (Wildman–Crippen LogP) is 0.455. The monoisotopic (exact) mass is 285 g/mol. The summed E-state index contributed by atoms with van der Waals surface area (Å²) >= 11 is 0. The zero-order valence-corrected chi connectivity index (χ0v) is 12.0. The number of carboxylic acids is 1. The Bertz CT molecular complexity index is 380. The van der Waals surface area contributed by atoms with Gasteiger partial charge in [0.25, 0.3) is 0 Å². The van der Waals surface area contributed by atoms with E-state index in [0.717, 1.165) is 0 Å². The van der Waals surface area contributed by atoms with Crippen LogP contribution >= 0.6 is 0 Å². The molecule has 1 rings (SSSR count). The number of aliphatic carboxylic acids is 1. The van der Waals surface area contributed by atoms with Gasteiger partial charge in [-0.3, -0.25) is 9.59 Å². The lowest BCUT2D eigenvalue weighted by atomic mass is 9.82. The molecule has 1 atom stereocenters. The number of carbonyl (C=O) groups excluding carboxylic acids is 2. The van der Waals surface area contributed by atoms with Crippen molar-refractivity contribution < 1.29 is 19.5 Å². The minimum Gasteiger partial charge on any atom is -0.481 e. The Morgan fingerprint density at radius 1 is 1.35 bits per heavy atom. The summed E-state index contributed by atoms with van der Waals surface area (Å²) in [7, 11) is 0. The van der Waals surface area contributed by atoms with Crippen molar-refractivity contribution in [3.8, 4) is 0 Å². The molecule has 0 radical (unpaired) electrons. The Balaban J connectivity index is 2.35. The second-order valence-electron chi connectivity index (χ2n) is 5.16. The predicted molar refractivity (Wildman–Crippen MR) is 73.2 cm³/mol. The first-order valence-corrected chi connectivity index (χ1v) is 6.98. The summed E-state index contributed by atoms with van der Waals surface area (Å²) in [5.41, 5.74) is -0.918. The molecule has 1 saturated heterocycles. The van der Waals surface area contributed by atoms with E-state index in [1.807, 2.05) is 0 Å². The third kappa shape index (κ3) is 4.11. The molecule has 0 aliphatic carbocycles. The molecule has 0 aromatic rings. The maximum absolute atomic E-state index is 11.7. The Hall–Kier alpha value is -1.79. The SMILES string of the molecule is CCC(CC)(CNC(=O)NCC1CCC(=O)N1)C(=O)O. The first-order chi connectivity index (χ1) is 9.43. The normalized spacial score (nSPS) is 18.5. The number of hydrogen-bond acceptors (Lipinski definition) is 3. The summed E-state index contributed by atoms with van der Waals surface area (Å²) < 4.78 is 0. The zero-order valence-electron chi connectivity index (χ0n) is 12.0. The van der Waals surface area contributed by atoms with Gasteiger partial charge in [-0.05, 0) is 19.3 Å². The van der Waals surface area contributed by atoms with Crippen LogP contribution in [0.1, 0.15) is 39.5 Å². The molecule has 20 heavy (non-hydrogen) atoms. The van der Waals surface area contributed by atoms with Crippen LogP contribution in [0.4, 0.5) is 4.79 Å². The highest BCUT2D eigenvalue weighted by Gasteiger charge is 2.35. The van der Waals surface area contributed by atoms with Gasteiger partial charge in [0.2, 0.25) is 5.91 Å². The second kappa shape index (κ2) is 7.12. The molecule has 0 aromatic heterocycles. The van der Waals surface area contributed by atoms with Gasteiger partial charge < -0.3 is 21.1 Å². The molecule has 114 valence electrons. The molecule has 0 saturated carbocycles. The first kappa shape index (κ1) is 16.3. The number of carbonyl (C=O) groups is 3. The van der Waals surface area contributed by atoms with Gasteiger partial charge in [0.15, 0.2) is 0 Å². The molecule has 1 fully saturated rings. The number of nitrogens with one attached hydrogen (secondary N) is 3. The van der Waals surface area contributed by atoms with Gasteiger partial charge in [-0.25, -0.2) is 4.79 Å². The van der Waals surface area contributed by atoms with Crippen molar-refractivity contribution in [1.82, 2.24) is 16.0 Å². The second-order valence-corrected chi connectivity index (χ2v) is 5.16. The maximum Gasteiger partial charge on any atom is 0.314 e. The molecule has 3 amide bonds. The van der Waals surface area contributed by atoms with Crippen LogP contribution in [-0.2, 0) is 9.59 Å². The van der Waals surface area contributed by atoms with Crippen LogP contribution in [0.3, 0.4) is 0 Å². The molecule has 0 bridgehead atoms. The minimum absolute atomic E-state index is 0.000863. The number of amides is 3. The Labute approximate surface area is 118 Å². The van der Waals surface area contributed by atoms with E-state index in [1.165, 1.54) is 0 Å². The van der Waals surface area contributed by atoms with Crippen molar-refractivity contribution in [2.24, 2.45) is 5.41 Å². The van der Waals surface area contributed by atoms with Crippen LogP contribution in [0.2, 0.25) is 0 Å². The van der Waals surface area contributed by atoms with Crippen LogP contribution in [0.15, 0.2) is 0 Å². The Kier molecular flexibility index (Phi) is 5.79. The molecular formula is C13H23N3O4. The summed E-state index contributed by atoms with van der Waals surface area (Å²) in [4.78, 5) is 33.9. The summed E-state index contributed by atoms with van der Waals surface area (Å²) in [6.07, 6.45) is 2.11. The van der Waals surface area contributed by atoms with E-state index >= 15 is 0 Å². The lowest BCUT2D eigenvalue weighted by molar-refractivity contribution is -0.149. The van der Waals surface area contributed by atoms with Gasteiger partial charge >= 0.3 is 12.0 Å². The molecular weight excluding hydrogens is 262 g/mol.